The second kappa shape index (κ2) is 9.39. The van der Waals surface area contributed by atoms with Crippen molar-refractivity contribution in [3.8, 4) is 0 Å². The molecule has 0 amide bonds. The summed E-state index contributed by atoms with van der Waals surface area (Å²) in [5, 5.41) is 12.0. The summed E-state index contributed by atoms with van der Waals surface area (Å²) in [5.41, 5.74) is 1.23. The number of aliphatic imine (C=N–C) groups is 1. The highest BCUT2D eigenvalue weighted by Gasteiger charge is 2.27. The molecular formula is C22H33N7. The maximum absolute atomic E-state index is 4.95. The number of nitrogens with one attached hydrogen (secondary N) is 1. The van der Waals surface area contributed by atoms with E-state index in [0.717, 1.165) is 36.6 Å². The number of benzene rings is 1. The summed E-state index contributed by atoms with van der Waals surface area (Å²) in [6.45, 7) is 9.22. The molecule has 2 aliphatic heterocycles. The van der Waals surface area contributed by atoms with Crippen LogP contribution in [0.15, 0.2) is 35.3 Å². The lowest BCUT2D eigenvalue weighted by Crippen LogP contribution is -2.41. The smallest absolute Gasteiger partial charge is 0.194 e. The second-order valence-electron chi connectivity index (χ2n) is 8.31. The minimum absolute atomic E-state index is 0.637. The van der Waals surface area contributed by atoms with Crippen LogP contribution in [-0.4, -0.2) is 63.2 Å². The molecule has 0 spiro atoms. The van der Waals surface area contributed by atoms with Gasteiger partial charge in [-0.1, -0.05) is 30.3 Å². The Morgan fingerprint density at radius 3 is 2.66 bits per heavy atom. The fourth-order valence-corrected chi connectivity index (χ4v) is 4.28. The molecule has 7 nitrogen and oxygen atoms in total. The first-order chi connectivity index (χ1) is 14.2. The topological polar surface area (TPSA) is 61.6 Å². The van der Waals surface area contributed by atoms with Gasteiger partial charge in [-0.2, -0.15) is 0 Å². The van der Waals surface area contributed by atoms with Gasteiger partial charge in [0.15, 0.2) is 11.8 Å². The molecule has 2 aromatic rings. The molecule has 2 saturated heterocycles. The largest absolute Gasteiger partial charge is 0.349 e. The quantitative estimate of drug-likeness (QED) is 0.600. The van der Waals surface area contributed by atoms with Gasteiger partial charge in [0.2, 0.25) is 0 Å². The van der Waals surface area contributed by atoms with Crippen molar-refractivity contribution in [3.63, 3.8) is 0 Å². The maximum Gasteiger partial charge on any atom is 0.194 e. The van der Waals surface area contributed by atoms with Crippen LogP contribution in [-0.2, 0) is 20.1 Å². The number of likely N-dealkylation sites (tertiary alicyclic amines) is 2. The highest BCUT2D eigenvalue weighted by Crippen LogP contribution is 2.20. The molecule has 3 heterocycles. The van der Waals surface area contributed by atoms with Gasteiger partial charge in [0.1, 0.15) is 5.82 Å². The van der Waals surface area contributed by atoms with Crippen molar-refractivity contribution in [2.45, 2.75) is 39.3 Å². The Balaban J connectivity index is 1.41. The Hall–Kier alpha value is -2.41. The van der Waals surface area contributed by atoms with E-state index in [9.17, 15) is 0 Å². The van der Waals surface area contributed by atoms with E-state index in [1.807, 2.05) is 24.6 Å². The summed E-state index contributed by atoms with van der Waals surface area (Å²) < 4.78 is 2.03. The van der Waals surface area contributed by atoms with E-state index >= 15 is 0 Å². The minimum Gasteiger partial charge on any atom is -0.349 e. The van der Waals surface area contributed by atoms with E-state index in [-0.39, 0.29) is 0 Å². The number of aryl methyl sites for hydroxylation is 1. The fraction of sp³-hybridized carbons (Fsp3) is 0.591. The molecule has 1 aromatic heterocycles. The third-order valence-electron chi connectivity index (χ3n) is 6.14. The van der Waals surface area contributed by atoms with Gasteiger partial charge in [-0.05, 0) is 50.8 Å². The van der Waals surface area contributed by atoms with Crippen molar-refractivity contribution in [3.05, 3.63) is 47.5 Å². The lowest BCUT2D eigenvalue weighted by Gasteiger charge is -2.23. The molecule has 0 bridgehead atoms. The second-order valence-corrected chi connectivity index (χ2v) is 8.31. The van der Waals surface area contributed by atoms with Crippen LogP contribution in [0.5, 0.6) is 0 Å². The summed E-state index contributed by atoms with van der Waals surface area (Å²) in [6, 6.07) is 10.5. The van der Waals surface area contributed by atoms with Gasteiger partial charge in [0, 0.05) is 26.7 Å². The third-order valence-corrected chi connectivity index (χ3v) is 6.14. The predicted molar refractivity (Wildman–Crippen MR) is 116 cm³/mol. The molecule has 1 unspecified atom stereocenters. The summed E-state index contributed by atoms with van der Waals surface area (Å²) >= 11 is 0. The van der Waals surface area contributed by atoms with Crippen molar-refractivity contribution < 1.29 is 0 Å². The zero-order valence-electron chi connectivity index (χ0n) is 17.7. The van der Waals surface area contributed by atoms with Crippen molar-refractivity contribution in [1.82, 2.24) is 29.9 Å². The zero-order valence-corrected chi connectivity index (χ0v) is 17.7. The Morgan fingerprint density at radius 1 is 1.14 bits per heavy atom. The van der Waals surface area contributed by atoms with Crippen LogP contribution >= 0.6 is 0 Å². The van der Waals surface area contributed by atoms with Gasteiger partial charge in [-0.25, -0.2) is 4.99 Å². The number of hydrogen-bond acceptors (Lipinski definition) is 4. The van der Waals surface area contributed by atoms with Crippen LogP contribution in [0.3, 0.4) is 0 Å². The number of nitrogens with zero attached hydrogens (tertiary/aromatic N) is 6. The van der Waals surface area contributed by atoms with Crippen molar-refractivity contribution in [2.24, 2.45) is 18.0 Å². The van der Waals surface area contributed by atoms with E-state index in [4.69, 9.17) is 4.99 Å². The van der Waals surface area contributed by atoms with Gasteiger partial charge >= 0.3 is 0 Å². The van der Waals surface area contributed by atoms with Gasteiger partial charge in [0.05, 0.1) is 13.1 Å². The summed E-state index contributed by atoms with van der Waals surface area (Å²) in [4.78, 5) is 10.0. The van der Waals surface area contributed by atoms with Crippen LogP contribution in [0, 0.1) is 12.8 Å². The predicted octanol–water partition coefficient (Wildman–Crippen LogP) is 2.19. The molecule has 1 atom stereocenters. The Kier molecular flexibility index (Phi) is 6.44. The maximum atomic E-state index is 4.95. The molecule has 2 aliphatic rings. The molecule has 0 saturated carbocycles. The van der Waals surface area contributed by atoms with E-state index in [1.54, 1.807) is 0 Å². The molecule has 2 fully saturated rings. The SMILES string of the molecule is Cc1nnc(CNC(=NCc2ccccc2)N2CCC(CN3CCCC3)C2)n1C. The minimum atomic E-state index is 0.637. The molecule has 156 valence electrons. The van der Waals surface area contributed by atoms with Crippen molar-refractivity contribution >= 4 is 5.96 Å². The molecule has 7 heteroatoms. The van der Waals surface area contributed by atoms with Gasteiger partial charge in [-0.15, -0.1) is 10.2 Å². The fourth-order valence-electron chi connectivity index (χ4n) is 4.28. The molecular weight excluding hydrogens is 362 g/mol. The standard InChI is InChI=1S/C22H33N7/c1-18-25-26-21(27(18)2)15-24-22(23-14-19-8-4-3-5-9-19)29-13-10-20(17-29)16-28-11-6-7-12-28/h3-5,8-9,20H,6-7,10-17H2,1-2H3,(H,23,24). The average Bonchev–Trinajstić information content (AvgIpc) is 3.48. The number of guanidine groups is 1. The van der Waals surface area contributed by atoms with Crippen LogP contribution in [0.25, 0.3) is 0 Å². The lowest BCUT2D eigenvalue weighted by molar-refractivity contribution is 0.281. The highest BCUT2D eigenvalue weighted by molar-refractivity contribution is 5.80. The molecule has 0 aliphatic carbocycles. The first kappa shape index (κ1) is 19.9. The Labute approximate surface area is 173 Å². The van der Waals surface area contributed by atoms with Gasteiger partial charge in [0.25, 0.3) is 0 Å². The summed E-state index contributed by atoms with van der Waals surface area (Å²) in [6.07, 6.45) is 3.96. The van der Waals surface area contributed by atoms with Crippen LogP contribution in [0.1, 0.15) is 36.5 Å². The van der Waals surface area contributed by atoms with Crippen LogP contribution < -0.4 is 5.32 Å². The third kappa shape index (κ3) is 5.15. The number of aromatic nitrogens is 3. The normalized spacial score (nSPS) is 20.6. The Bertz CT molecular complexity index is 808. The Morgan fingerprint density at radius 2 is 1.93 bits per heavy atom. The molecule has 1 aromatic carbocycles. The van der Waals surface area contributed by atoms with E-state index in [0.29, 0.717) is 13.1 Å². The van der Waals surface area contributed by atoms with Crippen LogP contribution in [0.4, 0.5) is 0 Å². The molecule has 0 radical (unpaired) electrons. The summed E-state index contributed by atoms with van der Waals surface area (Å²) in [5.74, 6) is 3.58. The average molecular weight is 396 g/mol. The van der Waals surface area contributed by atoms with Crippen molar-refractivity contribution in [2.75, 3.05) is 32.7 Å². The lowest BCUT2D eigenvalue weighted by atomic mass is 10.1. The summed E-state index contributed by atoms with van der Waals surface area (Å²) in [7, 11) is 2.01. The molecule has 4 rings (SSSR count). The van der Waals surface area contributed by atoms with Crippen LogP contribution in [0.2, 0.25) is 0 Å². The molecule has 1 N–H and O–H groups in total. The van der Waals surface area contributed by atoms with E-state index in [1.165, 1.54) is 44.5 Å². The zero-order chi connectivity index (χ0) is 20.1. The first-order valence-electron chi connectivity index (χ1n) is 10.8. The first-order valence-corrected chi connectivity index (χ1v) is 10.8. The molecule has 29 heavy (non-hydrogen) atoms. The van der Waals surface area contributed by atoms with Gasteiger partial charge in [-0.3, -0.25) is 0 Å². The monoisotopic (exact) mass is 395 g/mol. The van der Waals surface area contributed by atoms with Crippen molar-refractivity contribution in [1.29, 1.82) is 0 Å². The van der Waals surface area contributed by atoms with E-state index in [2.05, 4.69) is 49.6 Å². The highest BCUT2D eigenvalue weighted by atomic mass is 15.3. The van der Waals surface area contributed by atoms with Gasteiger partial charge < -0.3 is 19.7 Å². The number of rotatable bonds is 6. The van der Waals surface area contributed by atoms with E-state index < -0.39 is 0 Å². The number of hydrogen-bond donors (Lipinski definition) is 1.